The van der Waals surface area contributed by atoms with Crippen molar-refractivity contribution in [3.05, 3.63) is 78.6 Å². The third-order valence-corrected chi connectivity index (χ3v) is 7.58. The molecule has 2 aromatic heterocycles. The normalized spacial score (nSPS) is 13.8. The van der Waals surface area contributed by atoms with Crippen LogP contribution in [0.1, 0.15) is 10.5 Å². The fourth-order valence-electron chi connectivity index (χ4n) is 4.10. The molecule has 0 radical (unpaired) electrons. The molecule has 3 heterocycles. The molecule has 1 aliphatic heterocycles. The monoisotopic (exact) mass is 534 g/mol. The Morgan fingerprint density at radius 2 is 1.68 bits per heavy atom. The SMILES string of the molecule is COc1ccc(S(=O)(=O)Nc2ccc(-n3nnc(C(=O)N4CCN(c5ccccn5)CC4)c3N)cc2)cc1. The number of nitrogens with two attached hydrogens (primary N) is 1. The zero-order valence-electron chi connectivity index (χ0n) is 20.6. The van der Waals surface area contributed by atoms with Crippen molar-refractivity contribution in [3.8, 4) is 11.4 Å². The first-order chi connectivity index (χ1) is 18.4. The minimum atomic E-state index is -3.79. The van der Waals surface area contributed by atoms with Crippen LogP contribution in [0.5, 0.6) is 5.75 Å². The van der Waals surface area contributed by atoms with Crippen molar-refractivity contribution in [3.63, 3.8) is 0 Å². The van der Waals surface area contributed by atoms with Gasteiger partial charge in [0, 0.05) is 38.1 Å². The third-order valence-electron chi connectivity index (χ3n) is 6.18. The smallest absolute Gasteiger partial charge is 0.278 e. The zero-order chi connectivity index (χ0) is 26.7. The van der Waals surface area contributed by atoms with E-state index in [4.69, 9.17) is 10.5 Å². The van der Waals surface area contributed by atoms with Crippen molar-refractivity contribution in [1.29, 1.82) is 0 Å². The van der Waals surface area contributed by atoms with E-state index in [2.05, 4.69) is 24.9 Å². The van der Waals surface area contributed by atoms with Crippen LogP contribution in [0.15, 0.2) is 77.8 Å². The summed E-state index contributed by atoms with van der Waals surface area (Å²) in [7, 11) is -2.28. The van der Waals surface area contributed by atoms with Crippen LogP contribution < -0.4 is 20.1 Å². The largest absolute Gasteiger partial charge is 0.497 e. The number of benzene rings is 2. The van der Waals surface area contributed by atoms with Gasteiger partial charge in [0.2, 0.25) is 0 Å². The first-order valence-electron chi connectivity index (χ1n) is 11.8. The fourth-order valence-corrected chi connectivity index (χ4v) is 5.16. The molecular weight excluding hydrogens is 508 g/mol. The van der Waals surface area contributed by atoms with Crippen LogP contribution in [-0.4, -0.2) is 72.5 Å². The second-order valence-electron chi connectivity index (χ2n) is 8.53. The Morgan fingerprint density at radius 3 is 2.32 bits per heavy atom. The van der Waals surface area contributed by atoms with Crippen LogP contribution in [0.3, 0.4) is 0 Å². The highest BCUT2D eigenvalue weighted by molar-refractivity contribution is 7.92. The summed E-state index contributed by atoms with van der Waals surface area (Å²) >= 11 is 0. The van der Waals surface area contributed by atoms with E-state index in [1.165, 1.54) is 23.9 Å². The van der Waals surface area contributed by atoms with Gasteiger partial charge in [-0.2, -0.15) is 4.68 Å². The number of nitrogens with one attached hydrogen (secondary N) is 1. The topological polar surface area (TPSA) is 149 Å². The number of piperazine rings is 1. The van der Waals surface area contributed by atoms with Crippen molar-refractivity contribution in [2.24, 2.45) is 0 Å². The summed E-state index contributed by atoms with van der Waals surface area (Å²) in [6, 6.07) is 18.2. The molecule has 3 N–H and O–H groups in total. The number of sulfonamides is 1. The molecule has 1 aliphatic rings. The highest BCUT2D eigenvalue weighted by Crippen LogP contribution is 2.22. The van der Waals surface area contributed by atoms with Crippen LogP contribution in [-0.2, 0) is 10.0 Å². The molecule has 0 unspecified atom stereocenters. The number of nitrogens with zero attached hydrogens (tertiary/aromatic N) is 6. The Labute approximate surface area is 219 Å². The summed E-state index contributed by atoms with van der Waals surface area (Å²) in [4.78, 5) is 21.4. The maximum Gasteiger partial charge on any atom is 0.278 e. The Bertz CT molecular complexity index is 1520. The number of hydrogen-bond acceptors (Lipinski definition) is 9. The van der Waals surface area contributed by atoms with Crippen LogP contribution in [0.2, 0.25) is 0 Å². The summed E-state index contributed by atoms with van der Waals surface area (Å²) in [5.41, 5.74) is 7.20. The molecule has 1 fully saturated rings. The van der Waals surface area contributed by atoms with Crippen molar-refractivity contribution >= 4 is 33.3 Å². The lowest BCUT2D eigenvalue weighted by atomic mass is 10.2. The first-order valence-corrected chi connectivity index (χ1v) is 13.3. The molecule has 1 saturated heterocycles. The second kappa shape index (κ2) is 10.4. The van der Waals surface area contributed by atoms with Gasteiger partial charge in [0.15, 0.2) is 11.5 Å². The van der Waals surface area contributed by atoms with Gasteiger partial charge >= 0.3 is 0 Å². The minimum Gasteiger partial charge on any atom is -0.497 e. The maximum absolute atomic E-state index is 13.1. The van der Waals surface area contributed by atoms with Crippen LogP contribution in [0.25, 0.3) is 5.69 Å². The van der Waals surface area contributed by atoms with E-state index >= 15 is 0 Å². The summed E-state index contributed by atoms with van der Waals surface area (Å²) in [5, 5.41) is 8.08. The molecule has 0 bridgehead atoms. The van der Waals surface area contributed by atoms with E-state index in [1.807, 2.05) is 18.2 Å². The lowest BCUT2D eigenvalue weighted by Gasteiger charge is -2.35. The Morgan fingerprint density at radius 1 is 0.974 bits per heavy atom. The van der Waals surface area contributed by atoms with Crippen molar-refractivity contribution in [2.75, 3.05) is 48.6 Å². The van der Waals surface area contributed by atoms with Gasteiger partial charge in [-0.3, -0.25) is 9.52 Å². The Kier molecular flexibility index (Phi) is 6.83. The van der Waals surface area contributed by atoms with Gasteiger partial charge < -0.3 is 20.3 Å². The molecule has 5 rings (SSSR count). The molecule has 38 heavy (non-hydrogen) atoms. The summed E-state index contributed by atoms with van der Waals surface area (Å²) < 4.78 is 34.3. The lowest BCUT2D eigenvalue weighted by Crippen LogP contribution is -2.49. The van der Waals surface area contributed by atoms with Crippen molar-refractivity contribution in [1.82, 2.24) is 24.9 Å². The van der Waals surface area contributed by atoms with Gasteiger partial charge in [0.05, 0.1) is 17.7 Å². The summed E-state index contributed by atoms with van der Waals surface area (Å²) in [5.74, 6) is 1.25. The predicted molar refractivity (Wildman–Crippen MR) is 142 cm³/mol. The molecule has 196 valence electrons. The van der Waals surface area contributed by atoms with Crippen molar-refractivity contribution in [2.45, 2.75) is 4.90 Å². The predicted octanol–water partition coefficient (Wildman–Crippen LogP) is 2.02. The van der Waals surface area contributed by atoms with Crippen LogP contribution in [0, 0.1) is 0 Å². The fraction of sp³-hybridized carbons (Fsp3) is 0.200. The van der Waals surface area contributed by atoms with E-state index in [9.17, 15) is 13.2 Å². The number of rotatable bonds is 7. The molecule has 2 aromatic carbocycles. The molecule has 0 aliphatic carbocycles. The Balaban J connectivity index is 1.25. The molecule has 0 spiro atoms. The maximum atomic E-state index is 13.1. The van der Waals surface area contributed by atoms with E-state index in [-0.39, 0.29) is 22.3 Å². The second-order valence-corrected chi connectivity index (χ2v) is 10.2. The average Bonchev–Trinajstić information content (AvgIpc) is 3.34. The summed E-state index contributed by atoms with van der Waals surface area (Å²) in [6.07, 6.45) is 1.74. The first kappa shape index (κ1) is 25.0. The number of carbonyl (C=O) groups is 1. The zero-order valence-corrected chi connectivity index (χ0v) is 21.4. The van der Waals surface area contributed by atoms with Gasteiger partial charge in [-0.05, 0) is 60.7 Å². The van der Waals surface area contributed by atoms with Gasteiger partial charge in [0.1, 0.15) is 11.6 Å². The van der Waals surface area contributed by atoms with E-state index in [0.717, 1.165) is 5.82 Å². The third kappa shape index (κ3) is 5.09. The highest BCUT2D eigenvalue weighted by Gasteiger charge is 2.27. The number of amides is 1. The number of aromatic nitrogens is 4. The number of pyridine rings is 1. The van der Waals surface area contributed by atoms with Gasteiger partial charge in [0.25, 0.3) is 15.9 Å². The number of carbonyl (C=O) groups excluding carboxylic acids is 1. The molecule has 4 aromatic rings. The van der Waals surface area contributed by atoms with Gasteiger partial charge in [-0.1, -0.05) is 11.3 Å². The molecule has 1 amide bonds. The number of anilines is 3. The lowest BCUT2D eigenvalue weighted by molar-refractivity contribution is 0.0741. The molecule has 0 atom stereocenters. The minimum absolute atomic E-state index is 0.0700. The van der Waals surface area contributed by atoms with E-state index in [1.54, 1.807) is 47.5 Å². The molecule has 12 nitrogen and oxygen atoms in total. The average molecular weight is 535 g/mol. The molecule has 13 heteroatoms. The number of hydrogen-bond donors (Lipinski definition) is 2. The van der Waals surface area contributed by atoms with E-state index < -0.39 is 10.0 Å². The molecular formula is C25H26N8O4S. The van der Waals surface area contributed by atoms with Crippen LogP contribution >= 0.6 is 0 Å². The number of nitrogen functional groups attached to an aromatic ring is 1. The quantitative estimate of drug-likeness (QED) is 0.363. The van der Waals surface area contributed by atoms with Crippen LogP contribution in [0.4, 0.5) is 17.3 Å². The van der Waals surface area contributed by atoms with E-state index in [0.29, 0.717) is 43.3 Å². The number of methoxy groups -OCH3 is 1. The number of ether oxygens (including phenoxy) is 1. The standard InChI is InChI=1S/C25H26N8O4S/c1-37-20-9-11-21(12-10-20)38(35,36)29-18-5-7-19(8-6-18)33-24(26)23(28-30-33)25(34)32-16-14-31(15-17-32)22-4-2-3-13-27-22/h2-13,29H,14-17,26H2,1H3. The van der Waals surface area contributed by atoms with Gasteiger partial charge in [-0.15, -0.1) is 5.10 Å². The van der Waals surface area contributed by atoms with Crippen molar-refractivity contribution < 1.29 is 17.9 Å². The highest BCUT2D eigenvalue weighted by atomic mass is 32.2. The van der Waals surface area contributed by atoms with Gasteiger partial charge in [-0.25, -0.2) is 13.4 Å². The summed E-state index contributed by atoms with van der Waals surface area (Å²) in [6.45, 7) is 2.30. The molecule has 0 saturated carbocycles. The Hall–Kier alpha value is -4.65.